The van der Waals surface area contributed by atoms with Crippen molar-refractivity contribution in [3.63, 3.8) is 0 Å². The molecule has 1 aromatic carbocycles. The second-order valence-corrected chi connectivity index (χ2v) is 7.60. The number of hydrogen-bond donors (Lipinski definition) is 0. The first-order valence-electron chi connectivity index (χ1n) is 8.32. The van der Waals surface area contributed by atoms with Gasteiger partial charge in [-0.2, -0.15) is 0 Å². The van der Waals surface area contributed by atoms with Gasteiger partial charge in [-0.25, -0.2) is 4.98 Å². The van der Waals surface area contributed by atoms with Gasteiger partial charge in [-0.15, -0.1) is 12.4 Å². The Kier molecular flexibility index (Phi) is 3.34. The fourth-order valence-corrected chi connectivity index (χ4v) is 5.65. The van der Waals surface area contributed by atoms with E-state index in [4.69, 9.17) is 9.40 Å². The Morgan fingerprint density at radius 1 is 0.909 bits per heavy atom. The van der Waals surface area contributed by atoms with Crippen molar-refractivity contribution in [1.82, 2.24) is 4.98 Å². The minimum Gasteiger partial charge on any atom is -0.444 e. The third kappa shape index (κ3) is 2.11. The molecule has 0 N–H and O–H groups in total. The third-order valence-corrected chi connectivity index (χ3v) is 6.11. The minimum atomic E-state index is 0. The minimum absolute atomic E-state index is 0. The Morgan fingerprint density at radius 2 is 1.50 bits per heavy atom. The van der Waals surface area contributed by atoms with E-state index >= 15 is 0 Å². The average molecular weight is 316 g/mol. The molecule has 1 aromatic heterocycles. The molecule has 6 rings (SSSR count). The van der Waals surface area contributed by atoms with Crippen LogP contribution in [-0.4, -0.2) is 4.98 Å². The summed E-state index contributed by atoms with van der Waals surface area (Å²) in [6.45, 7) is 0. The summed E-state index contributed by atoms with van der Waals surface area (Å²) >= 11 is 0. The molecule has 3 heteroatoms. The smallest absolute Gasteiger partial charge is 0.226 e. The summed E-state index contributed by atoms with van der Waals surface area (Å²) in [6, 6.07) is 10.3. The SMILES string of the molecule is Cl.c1ccc(-c2nc(C34CC5CC(CC(C5)C3)C4)co2)cc1. The first kappa shape index (κ1) is 14.3. The maximum atomic E-state index is 5.83. The summed E-state index contributed by atoms with van der Waals surface area (Å²) in [4.78, 5) is 4.90. The molecule has 2 nitrogen and oxygen atoms in total. The Hall–Kier alpha value is -1.28. The van der Waals surface area contributed by atoms with Crippen LogP contribution in [0.25, 0.3) is 11.5 Å². The molecule has 0 spiro atoms. The van der Waals surface area contributed by atoms with Crippen LogP contribution in [0.2, 0.25) is 0 Å². The molecule has 0 aliphatic heterocycles. The Balaban J connectivity index is 0.00000125. The highest BCUT2D eigenvalue weighted by atomic mass is 35.5. The van der Waals surface area contributed by atoms with Gasteiger partial charge in [0.15, 0.2) is 0 Å². The number of oxazole rings is 1. The summed E-state index contributed by atoms with van der Waals surface area (Å²) in [7, 11) is 0. The molecule has 0 unspecified atom stereocenters. The van der Waals surface area contributed by atoms with Crippen LogP contribution < -0.4 is 0 Å². The summed E-state index contributed by atoms with van der Waals surface area (Å²) in [5.41, 5.74) is 2.67. The van der Waals surface area contributed by atoms with Crippen LogP contribution in [0.3, 0.4) is 0 Å². The lowest BCUT2D eigenvalue weighted by Gasteiger charge is -2.56. The highest BCUT2D eigenvalue weighted by molar-refractivity contribution is 5.85. The standard InChI is InChI=1S/C19H21NO.ClH/c1-2-4-16(5-3-1)18-20-17(12-21-18)19-9-13-6-14(10-19)8-15(7-13)11-19;/h1-5,12-15H,6-11H2;1H. The van der Waals surface area contributed by atoms with E-state index in [9.17, 15) is 0 Å². The topological polar surface area (TPSA) is 26.0 Å². The van der Waals surface area contributed by atoms with Crippen LogP contribution in [0.1, 0.15) is 44.2 Å². The zero-order valence-corrected chi connectivity index (χ0v) is 13.5. The molecule has 0 radical (unpaired) electrons. The van der Waals surface area contributed by atoms with Gasteiger partial charge in [0.2, 0.25) is 5.89 Å². The second-order valence-electron chi connectivity index (χ2n) is 7.60. The zero-order chi connectivity index (χ0) is 13.9. The fraction of sp³-hybridized carbons (Fsp3) is 0.526. The normalized spacial score (nSPS) is 35.4. The molecule has 4 aliphatic rings. The molecular weight excluding hydrogens is 294 g/mol. The van der Waals surface area contributed by atoms with Gasteiger partial charge in [0.05, 0.1) is 5.69 Å². The lowest BCUT2D eigenvalue weighted by Crippen LogP contribution is -2.48. The molecule has 0 atom stereocenters. The highest BCUT2D eigenvalue weighted by Crippen LogP contribution is 2.60. The molecule has 4 bridgehead atoms. The number of benzene rings is 1. The van der Waals surface area contributed by atoms with Gasteiger partial charge in [-0.3, -0.25) is 0 Å². The first-order valence-corrected chi connectivity index (χ1v) is 8.32. The third-order valence-electron chi connectivity index (χ3n) is 6.11. The predicted octanol–water partition coefficient (Wildman–Crippen LogP) is 5.23. The molecule has 4 fully saturated rings. The van der Waals surface area contributed by atoms with Crippen LogP contribution in [0.4, 0.5) is 0 Å². The van der Waals surface area contributed by atoms with E-state index in [0.29, 0.717) is 5.41 Å². The van der Waals surface area contributed by atoms with Gasteiger partial charge in [-0.05, 0) is 68.4 Å². The van der Waals surface area contributed by atoms with E-state index in [1.807, 2.05) is 24.5 Å². The maximum Gasteiger partial charge on any atom is 0.226 e. The first-order chi connectivity index (χ1) is 10.3. The Labute approximate surface area is 137 Å². The average Bonchev–Trinajstić information content (AvgIpc) is 2.97. The van der Waals surface area contributed by atoms with Gasteiger partial charge in [0.1, 0.15) is 6.26 Å². The molecule has 0 amide bonds. The quantitative estimate of drug-likeness (QED) is 0.758. The van der Waals surface area contributed by atoms with Crippen LogP contribution in [0.15, 0.2) is 41.0 Å². The van der Waals surface area contributed by atoms with Crippen LogP contribution in [-0.2, 0) is 5.41 Å². The van der Waals surface area contributed by atoms with Gasteiger partial charge in [0, 0.05) is 11.0 Å². The van der Waals surface area contributed by atoms with Gasteiger partial charge in [-0.1, -0.05) is 18.2 Å². The highest BCUT2D eigenvalue weighted by Gasteiger charge is 2.52. The molecule has 1 heterocycles. The summed E-state index contributed by atoms with van der Waals surface area (Å²) < 4.78 is 5.83. The molecule has 0 saturated heterocycles. The number of rotatable bonds is 2. The van der Waals surface area contributed by atoms with Crippen molar-refractivity contribution < 1.29 is 4.42 Å². The van der Waals surface area contributed by atoms with Gasteiger partial charge >= 0.3 is 0 Å². The van der Waals surface area contributed by atoms with E-state index < -0.39 is 0 Å². The largest absolute Gasteiger partial charge is 0.444 e. The summed E-state index contributed by atoms with van der Waals surface area (Å²) in [5, 5.41) is 0. The molecule has 2 aromatic rings. The van der Waals surface area contributed by atoms with E-state index in [2.05, 4.69) is 12.1 Å². The lowest BCUT2D eigenvalue weighted by molar-refractivity contribution is -0.00722. The van der Waals surface area contributed by atoms with E-state index in [1.165, 1.54) is 44.2 Å². The van der Waals surface area contributed by atoms with E-state index in [-0.39, 0.29) is 12.4 Å². The number of hydrogen-bond acceptors (Lipinski definition) is 2. The van der Waals surface area contributed by atoms with Crippen molar-refractivity contribution >= 4 is 12.4 Å². The lowest BCUT2D eigenvalue weighted by atomic mass is 9.49. The maximum absolute atomic E-state index is 5.83. The molecule has 4 aliphatic carbocycles. The van der Waals surface area contributed by atoms with Crippen molar-refractivity contribution in [2.75, 3.05) is 0 Å². The summed E-state index contributed by atoms with van der Waals surface area (Å²) in [5.74, 6) is 3.65. The fourth-order valence-electron chi connectivity index (χ4n) is 5.65. The van der Waals surface area contributed by atoms with Crippen LogP contribution in [0, 0.1) is 17.8 Å². The monoisotopic (exact) mass is 315 g/mol. The van der Waals surface area contributed by atoms with Crippen molar-refractivity contribution in [3.05, 3.63) is 42.3 Å². The molecular formula is C19H22ClNO. The Morgan fingerprint density at radius 3 is 2.09 bits per heavy atom. The van der Waals surface area contributed by atoms with Gasteiger partial charge in [0.25, 0.3) is 0 Å². The zero-order valence-electron chi connectivity index (χ0n) is 12.7. The van der Waals surface area contributed by atoms with Crippen LogP contribution in [0.5, 0.6) is 0 Å². The number of nitrogens with zero attached hydrogens (tertiary/aromatic N) is 1. The Bertz CT molecular complexity index is 628. The van der Waals surface area contributed by atoms with Crippen molar-refractivity contribution in [2.24, 2.45) is 17.8 Å². The van der Waals surface area contributed by atoms with Crippen LogP contribution >= 0.6 is 12.4 Å². The second kappa shape index (κ2) is 5.13. The number of aromatic nitrogens is 1. The molecule has 22 heavy (non-hydrogen) atoms. The van der Waals surface area contributed by atoms with Crippen molar-refractivity contribution in [3.8, 4) is 11.5 Å². The van der Waals surface area contributed by atoms with Gasteiger partial charge < -0.3 is 4.42 Å². The molecule has 116 valence electrons. The van der Waals surface area contributed by atoms with Crippen molar-refractivity contribution in [1.29, 1.82) is 0 Å². The summed E-state index contributed by atoms with van der Waals surface area (Å²) in [6.07, 6.45) is 10.4. The van der Waals surface area contributed by atoms with E-state index in [0.717, 1.165) is 29.2 Å². The van der Waals surface area contributed by atoms with E-state index in [1.54, 1.807) is 0 Å². The van der Waals surface area contributed by atoms with Crippen molar-refractivity contribution in [2.45, 2.75) is 43.9 Å². The number of halogens is 1. The molecule has 4 saturated carbocycles. The predicted molar refractivity (Wildman–Crippen MR) is 89.0 cm³/mol.